The van der Waals surface area contributed by atoms with E-state index in [0.29, 0.717) is 19.5 Å². The van der Waals surface area contributed by atoms with Crippen LogP contribution in [-0.2, 0) is 22.6 Å². The molecule has 0 saturated heterocycles. The Labute approximate surface area is 186 Å². The topological polar surface area (TPSA) is 58.6 Å². The summed E-state index contributed by atoms with van der Waals surface area (Å²) in [7, 11) is 1.62. The van der Waals surface area contributed by atoms with Crippen LogP contribution in [0.5, 0.6) is 5.75 Å². The SMILES string of the molecule is CCCCNC(=O)C(CC)N(Cc1cccc(OC)c1)C(=O)Cc1cc(C)cc(C)c1. The maximum Gasteiger partial charge on any atom is 0.242 e. The number of benzene rings is 2. The van der Waals surface area contributed by atoms with Crippen molar-refractivity contribution in [3.05, 3.63) is 64.7 Å². The first-order valence-corrected chi connectivity index (χ1v) is 11.1. The van der Waals surface area contributed by atoms with Crippen molar-refractivity contribution in [2.24, 2.45) is 0 Å². The maximum absolute atomic E-state index is 13.4. The van der Waals surface area contributed by atoms with Crippen LogP contribution in [0.4, 0.5) is 0 Å². The lowest BCUT2D eigenvalue weighted by Gasteiger charge is -2.31. The lowest BCUT2D eigenvalue weighted by molar-refractivity contribution is -0.140. The predicted molar refractivity (Wildman–Crippen MR) is 125 cm³/mol. The number of unbranched alkanes of at least 4 members (excludes halogenated alkanes) is 1. The summed E-state index contributed by atoms with van der Waals surface area (Å²) in [5.41, 5.74) is 4.17. The fourth-order valence-corrected chi connectivity index (χ4v) is 3.84. The standard InChI is InChI=1S/C26H36N2O3/c1-6-8-12-27-26(30)24(7-2)28(18-21-10-9-11-23(16-21)31-5)25(29)17-22-14-19(3)13-20(4)15-22/h9-11,13-16,24H,6-8,12,17-18H2,1-5H3,(H,27,30). The molecule has 1 unspecified atom stereocenters. The smallest absolute Gasteiger partial charge is 0.242 e. The lowest BCUT2D eigenvalue weighted by Crippen LogP contribution is -2.49. The molecule has 0 aliphatic rings. The van der Waals surface area contributed by atoms with Crippen molar-refractivity contribution in [2.75, 3.05) is 13.7 Å². The molecule has 5 heteroatoms. The van der Waals surface area contributed by atoms with Crippen LogP contribution >= 0.6 is 0 Å². The zero-order valence-electron chi connectivity index (χ0n) is 19.5. The van der Waals surface area contributed by atoms with Crippen LogP contribution in [0.15, 0.2) is 42.5 Å². The van der Waals surface area contributed by atoms with Gasteiger partial charge < -0.3 is 15.0 Å². The van der Waals surface area contributed by atoms with Gasteiger partial charge in [0.05, 0.1) is 13.5 Å². The summed E-state index contributed by atoms with van der Waals surface area (Å²) in [5, 5.41) is 3.00. The average Bonchev–Trinajstić information content (AvgIpc) is 2.73. The molecule has 2 aromatic rings. The van der Waals surface area contributed by atoms with Gasteiger partial charge in [-0.3, -0.25) is 9.59 Å². The second kappa shape index (κ2) is 12.1. The summed E-state index contributed by atoms with van der Waals surface area (Å²) in [6.45, 7) is 9.10. The van der Waals surface area contributed by atoms with Crippen LogP contribution in [0.25, 0.3) is 0 Å². The van der Waals surface area contributed by atoms with Gasteiger partial charge in [-0.1, -0.05) is 61.7 Å². The molecule has 168 valence electrons. The van der Waals surface area contributed by atoms with Gasteiger partial charge in [0.2, 0.25) is 11.8 Å². The molecule has 5 nitrogen and oxygen atoms in total. The van der Waals surface area contributed by atoms with Crippen LogP contribution in [-0.4, -0.2) is 36.4 Å². The molecule has 2 aromatic carbocycles. The number of aryl methyl sites for hydroxylation is 2. The summed E-state index contributed by atoms with van der Waals surface area (Å²) in [6.07, 6.45) is 2.76. The Balaban J connectivity index is 2.30. The number of ether oxygens (including phenoxy) is 1. The van der Waals surface area contributed by atoms with E-state index in [-0.39, 0.29) is 18.2 Å². The highest BCUT2D eigenvalue weighted by molar-refractivity contribution is 5.88. The Morgan fingerprint density at radius 3 is 2.35 bits per heavy atom. The highest BCUT2D eigenvalue weighted by Gasteiger charge is 2.28. The Hall–Kier alpha value is -2.82. The van der Waals surface area contributed by atoms with Gasteiger partial charge in [0.15, 0.2) is 0 Å². The van der Waals surface area contributed by atoms with Crippen molar-refractivity contribution in [3.8, 4) is 5.75 Å². The molecule has 2 rings (SSSR count). The summed E-state index contributed by atoms with van der Waals surface area (Å²) in [6, 6.07) is 13.3. The molecule has 0 radical (unpaired) electrons. The monoisotopic (exact) mass is 424 g/mol. The molecule has 0 saturated carbocycles. The van der Waals surface area contributed by atoms with Gasteiger partial charge in [0.1, 0.15) is 11.8 Å². The largest absolute Gasteiger partial charge is 0.497 e. The first kappa shape index (κ1) is 24.4. The van der Waals surface area contributed by atoms with Crippen molar-refractivity contribution in [3.63, 3.8) is 0 Å². The molecule has 31 heavy (non-hydrogen) atoms. The molecule has 0 aliphatic carbocycles. The zero-order valence-corrected chi connectivity index (χ0v) is 19.5. The minimum atomic E-state index is -0.513. The molecule has 1 atom stereocenters. The van der Waals surface area contributed by atoms with E-state index in [9.17, 15) is 9.59 Å². The van der Waals surface area contributed by atoms with Crippen LogP contribution in [0, 0.1) is 13.8 Å². The van der Waals surface area contributed by atoms with E-state index in [1.165, 1.54) is 0 Å². The van der Waals surface area contributed by atoms with Crippen molar-refractivity contribution >= 4 is 11.8 Å². The van der Waals surface area contributed by atoms with E-state index in [4.69, 9.17) is 4.74 Å². The number of rotatable bonds is 11. The van der Waals surface area contributed by atoms with E-state index >= 15 is 0 Å². The van der Waals surface area contributed by atoms with Gasteiger partial charge >= 0.3 is 0 Å². The second-order valence-corrected chi connectivity index (χ2v) is 8.11. The van der Waals surface area contributed by atoms with Crippen LogP contribution in [0.3, 0.4) is 0 Å². The van der Waals surface area contributed by atoms with Crippen LogP contribution < -0.4 is 10.1 Å². The van der Waals surface area contributed by atoms with Crippen molar-refractivity contribution in [2.45, 2.75) is 66.0 Å². The van der Waals surface area contributed by atoms with E-state index in [1.807, 2.05) is 57.2 Å². The van der Waals surface area contributed by atoms with Crippen molar-refractivity contribution < 1.29 is 14.3 Å². The molecule has 0 bridgehead atoms. The maximum atomic E-state index is 13.4. The van der Waals surface area contributed by atoms with E-state index in [1.54, 1.807) is 12.0 Å². The summed E-state index contributed by atoms with van der Waals surface area (Å²) >= 11 is 0. The van der Waals surface area contributed by atoms with Gasteiger partial charge in [-0.25, -0.2) is 0 Å². The lowest BCUT2D eigenvalue weighted by atomic mass is 10.0. The van der Waals surface area contributed by atoms with E-state index in [0.717, 1.165) is 40.8 Å². The second-order valence-electron chi connectivity index (χ2n) is 8.11. The first-order valence-electron chi connectivity index (χ1n) is 11.1. The molecule has 0 aliphatic heterocycles. The number of nitrogens with one attached hydrogen (secondary N) is 1. The first-order chi connectivity index (χ1) is 14.9. The number of nitrogens with zero attached hydrogens (tertiary/aromatic N) is 1. The molecular weight excluding hydrogens is 388 g/mol. The Kier molecular flexibility index (Phi) is 9.57. The number of hydrogen-bond acceptors (Lipinski definition) is 3. The fourth-order valence-electron chi connectivity index (χ4n) is 3.84. The molecule has 1 N–H and O–H groups in total. The normalized spacial score (nSPS) is 11.6. The fraction of sp³-hybridized carbons (Fsp3) is 0.462. The van der Waals surface area contributed by atoms with Gasteiger partial charge in [0.25, 0.3) is 0 Å². The molecule has 0 spiro atoms. The summed E-state index contributed by atoms with van der Waals surface area (Å²) in [5.74, 6) is 0.595. The van der Waals surface area contributed by atoms with Crippen LogP contribution in [0.1, 0.15) is 55.4 Å². The Morgan fingerprint density at radius 2 is 1.74 bits per heavy atom. The third-order valence-corrected chi connectivity index (χ3v) is 5.34. The Morgan fingerprint density at radius 1 is 1.03 bits per heavy atom. The van der Waals surface area contributed by atoms with E-state index < -0.39 is 6.04 Å². The van der Waals surface area contributed by atoms with Gasteiger partial charge in [-0.15, -0.1) is 0 Å². The number of methoxy groups -OCH3 is 1. The van der Waals surface area contributed by atoms with Crippen LogP contribution in [0.2, 0.25) is 0 Å². The molecule has 0 fully saturated rings. The predicted octanol–water partition coefficient (Wildman–Crippen LogP) is 4.58. The molecule has 0 heterocycles. The van der Waals surface area contributed by atoms with Gasteiger partial charge in [-0.05, 0) is 49.9 Å². The number of amides is 2. The molecular formula is C26H36N2O3. The highest BCUT2D eigenvalue weighted by atomic mass is 16.5. The summed E-state index contributed by atoms with van der Waals surface area (Å²) in [4.78, 5) is 28.1. The third kappa shape index (κ3) is 7.42. The number of carbonyl (C=O) groups excluding carboxylic acids is 2. The quantitative estimate of drug-likeness (QED) is 0.537. The highest BCUT2D eigenvalue weighted by Crippen LogP contribution is 2.19. The third-order valence-electron chi connectivity index (χ3n) is 5.34. The minimum Gasteiger partial charge on any atom is -0.497 e. The molecule has 0 aromatic heterocycles. The molecule has 2 amide bonds. The number of carbonyl (C=O) groups is 2. The van der Waals surface area contributed by atoms with E-state index in [2.05, 4.69) is 18.3 Å². The average molecular weight is 425 g/mol. The van der Waals surface area contributed by atoms with Crippen molar-refractivity contribution in [1.29, 1.82) is 0 Å². The van der Waals surface area contributed by atoms with Gasteiger partial charge in [0, 0.05) is 13.1 Å². The minimum absolute atomic E-state index is 0.0506. The number of hydrogen-bond donors (Lipinski definition) is 1. The summed E-state index contributed by atoms with van der Waals surface area (Å²) < 4.78 is 5.34. The van der Waals surface area contributed by atoms with Crippen molar-refractivity contribution in [1.82, 2.24) is 10.2 Å². The zero-order chi connectivity index (χ0) is 22.8. The van der Waals surface area contributed by atoms with Gasteiger partial charge in [-0.2, -0.15) is 0 Å². The Bertz CT molecular complexity index is 858.